The number of aryl methyl sites for hydroxylation is 1. The molecule has 2 aromatic rings. The van der Waals surface area contributed by atoms with Crippen LogP contribution in [0, 0.1) is 17.0 Å². The lowest BCUT2D eigenvalue weighted by atomic mass is 10.1. The van der Waals surface area contributed by atoms with Gasteiger partial charge in [-0.2, -0.15) is 0 Å². The van der Waals surface area contributed by atoms with Crippen LogP contribution in [0.1, 0.15) is 17.2 Å². The molecular formula is C16H18N2O4. The van der Waals surface area contributed by atoms with E-state index in [-0.39, 0.29) is 12.2 Å². The number of nitro benzene ring substituents is 1. The predicted molar refractivity (Wildman–Crippen MR) is 84.3 cm³/mol. The fraction of sp³-hybridized carbons (Fsp3) is 0.250. The summed E-state index contributed by atoms with van der Waals surface area (Å²) in [5.41, 5.74) is 1.91. The van der Waals surface area contributed by atoms with Crippen molar-refractivity contribution in [1.29, 1.82) is 0 Å². The number of benzene rings is 2. The fourth-order valence-electron chi connectivity index (χ4n) is 2.18. The number of nitro groups is 1. The number of hydrogen-bond donors (Lipinski definition) is 2. The smallest absolute Gasteiger partial charge is 0.292 e. The summed E-state index contributed by atoms with van der Waals surface area (Å²) in [5.74, 6) is 0.707. The first-order valence-electron chi connectivity index (χ1n) is 6.83. The highest BCUT2D eigenvalue weighted by atomic mass is 16.6. The minimum absolute atomic E-state index is 0.00179. The van der Waals surface area contributed by atoms with Gasteiger partial charge in [0.15, 0.2) is 0 Å². The molecule has 0 spiro atoms. The number of nitrogens with one attached hydrogen (secondary N) is 1. The van der Waals surface area contributed by atoms with Crippen molar-refractivity contribution in [3.63, 3.8) is 0 Å². The first kappa shape index (κ1) is 15.8. The molecule has 0 saturated heterocycles. The maximum absolute atomic E-state index is 11.0. The van der Waals surface area contributed by atoms with Crippen molar-refractivity contribution in [2.45, 2.75) is 13.0 Å². The molecule has 0 amide bonds. The Kier molecular flexibility index (Phi) is 4.95. The number of rotatable bonds is 6. The Morgan fingerprint density at radius 2 is 1.95 bits per heavy atom. The molecule has 0 aliphatic rings. The molecule has 0 aliphatic carbocycles. The number of para-hydroxylation sites is 1. The number of aliphatic hydroxyl groups excluding tert-OH is 1. The monoisotopic (exact) mass is 302 g/mol. The van der Waals surface area contributed by atoms with Crippen LogP contribution < -0.4 is 10.1 Å². The van der Waals surface area contributed by atoms with Crippen LogP contribution in [-0.2, 0) is 0 Å². The van der Waals surface area contributed by atoms with Gasteiger partial charge in [0, 0.05) is 12.6 Å². The van der Waals surface area contributed by atoms with Gasteiger partial charge in [-0.1, -0.05) is 24.3 Å². The van der Waals surface area contributed by atoms with Crippen molar-refractivity contribution in [1.82, 2.24) is 0 Å². The van der Waals surface area contributed by atoms with Crippen molar-refractivity contribution in [3.05, 3.63) is 63.7 Å². The van der Waals surface area contributed by atoms with Gasteiger partial charge in [-0.15, -0.1) is 0 Å². The summed E-state index contributed by atoms with van der Waals surface area (Å²) in [6.45, 7) is 1.97. The summed E-state index contributed by atoms with van der Waals surface area (Å²) in [4.78, 5) is 10.6. The molecule has 6 heteroatoms. The minimum atomic E-state index is -0.773. The molecule has 1 atom stereocenters. The summed E-state index contributed by atoms with van der Waals surface area (Å²) in [5, 5.41) is 24.2. The highest BCUT2D eigenvalue weighted by Crippen LogP contribution is 2.28. The van der Waals surface area contributed by atoms with E-state index in [2.05, 4.69) is 5.32 Å². The normalized spacial score (nSPS) is 11.8. The Bertz CT molecular complexity index is 656. The number of ether oxygens (including phenoxy) is 1. The number of anilines is 1. The average molecular weight is 302 g/mol. The molecular weight excluding hydrogens is 284 g/mol. The largest absolute Gasteiger partial charge is 0.497 e. The van der Waals surface area contributed by atoms with E-state index < -0.39 is 11.0 Å². The standard InChI is InChI=1S/C16H18N2O4/c1-11-4-3-5-14(18(20)21)16(11)17-10-15(19)12-6-8-13(22-2)9-7-12/h3-9,15,17,19H,10H2,1-2H3/t15-/m1/s1. The molecule has 0 bridgehead atoms. The second kappa shape index (κ2) is 6.91. The third-order valence-corrected chi connectivity index (χ3v) is 3.42. The molecule has 0 unspecified atom stereocenters. The van der Waals surface area contributed by atoms with Crippen molar-refractivity contribution in [3.8, 4) is 5.75 Å². The van der Waals surface area contributed by atoms with Crippen LogP contribution in [0.4, 0.5) is 11.4 Å². The summed E-state index contributed by atoms with van der Waals surface area (Å²) in [6.07, 6.45) is -0.773. The van der Waals surface area contributed by atoms with E-state index in [9.17, 15) is 15.2 Å². The van der Waals surface area contributed by atoms with Crippen LogP contribution in [0.5, 0.6) is 5.75 Å². The van der Waals surface area contributed by atoms with Gasteiger partial charge >= 0.3 is 0 Å². The highest BCUT2D eigenvalue weighted by molar-refractivity contribution is 5.66. The lowest BCUT2D eigenvalue weighted by Gasteiger charge is -2.15. The summed E-state index contributed by atoms with van der Waals surface area (Å²) in [6, 6.07) is 11.9. The van der Waals surface area contributed by atoms with E-state index >= 15 is 0 Å². The number of methoxy groups -OCH3 is 1. The molecule has 0 aliphatic heterocycles. The number of hydrogen-bond acceptors (Lipinski definition) is 5. The van der Waals surface area contributed by atoms with Crippen LogP contribution in [0.15, 0.2) is 42.5 Å². The zero-order chi connectivity index (χ0) is 16.1. The maximum Gasteiger partial charge on any atom is 0.292 e. The third kappa shape index (κ3) is 3.53. The molecule has 0 aromatic heterocycles. The zero-order valence-electron chi connectivity index (χ0n) is 12.4. The molecule has 0 fully saturated rings. The molecule has 116 valence electrons. The summed E-state index contributed by atoms with van der Waals surface area (Å²) in [7, 11) is 1.57. The van der Waals surface area contributed by atoms with E-state index in [0.717, 1.165) is 5.56 Å². The predicted octanol–water partition coefficient (Wildman–Crippen LogP) is 3.06. The van der Waals surface area contributed by atoms with Crippen molar-refractivity contribution >= 4 is 11.4 Å². The van der Waals surface area contributed by atoms with Gasteiger partial charge in [0.05, 0.1) is 18.1 Å². The lowest BCUT2D eigenvalue weighted by Crippen LogP contribution is -2.13. The molecule has 0 saturated carbocycles. The number of aliphatic hydroxyl groups is 1. The quantitative estimate of drug-likeness (QED) is 0.633. The van der Waals surface area contributed by atoms with Gasteiger partial charge in [-0.05, 0) is 30.2 Å². The zero-order valence-corrected chi connectivity index (χ0v) is 12.4. The molecule has 2 rings (SSSR count). The molecule has 0 radical (unpaired) electrons. The van der Waals surface area contributed by atoms with Crippen LogP contribution in [0.25, 0.3) is 0 Å². The van der Waals surface area contributed by atoms with Crippen LogP contribution in [0.2, 0.25) is 0 Å². The number of nitrogens with zero attached hydrogens (tertiary/aromatic N) is 1. The lowest BCUT2D eigenvalue weighted by molar-refractivity contribution is -0.384. The molecule has 2 N–H and O–H groups in total. The van der Waals surface area contributed by atoms with Gasteiger partial charge in [0.1, 0.15) is 11.4 Å². The Labute approximate surface area is 128 Å². The van der Waals surface area contributed by atoms with Crippen molar-refractivity contribution < 1.29 is 14.8 Å². The van der Waals surface area contributed by atoms with Gasteiger partial charge in [0.25, 0.3) is 5.69 Å². The van der Waals surface area contributed by atoms with E-state index in [0.29, 0.717) is 17.0 Å². The van der Waals surface area contributed by atoms with Crippen molar-refractivity contribution in [2.24, 2.45) is 0 Å². The second-order valence-electron chi connectivity index (χ2n) is 4.90. The SMILES string of the molecule is COc1ccc([C@H](O)CNc2c(C)cccc2[N+](=O)[O-])cc1. The summed E-state index contributed by atoms with van der Waals surface area (Å²) < 4.78 is 5.06. The van der Waals surface area contributed by atoms with Gasteiger partial charge < -0.3 is 15.2 Å². The maximum atomic E-state index is 11.0. The second-order valence-corrected chi connectivity index (χ2v) is 4.90. The van der Waals surface area contributed by atoms with E-state index in [1.807, 2.05) is 0 Å². The van der Waals surface area contributed by atoms with Gasteiger partial charge in [0.2, 0.25) is 0 Å². The Morgan fingerprint density at radius 3 is 2.55 bits per heavy atom. The van der Waals surface area contributed by atoms with Gasteiger partial charge in [-0.25, -0.2) is 0 Å². The fourth-order valence-corrected chi connectivity index (χ4v) is 2.18. The Morgan fingerprint density at radius 1 is 1.27 bits per heavy atom. The Balaban J connectivity index is 2.10. The van der Waals surface area contributed by atoms with Crippen LogP contribution >= 0.6 is 0 Å². The first-order chi connectivity index (χ1) is 10.5. The molecule has 6 nitrogen and oxygen atoms in total. The highest BCUT2D eigenvalue weighted by Gasteiger charge is 2.16. The van der Waals surface area contributed by atoms with Crippen molar-refractivity contribution in [2.75, 3.05) is 19.0 Å². The van der Waals surface area contributed by atoms with E-state index in [1.165, 1.54) is 6.07 Å². The van der Waals surface area contributed by atoms with E-state index in [4.69, 9.17) is 4.74 Å². The third-order valence-electron chi connectivity index (χ3n) is 3.42. The topological polar surface area (TPSA) is 84.6 Å². The average Bonchev–Trinajstić information content (AvgIpc) is 2.53. The molecule has 2 aromatic carbocycles. The van der Waals surface area contributed by atoms with Gasteiger partial charge in [-0.3, -0.25) is 10.1 Å². The van der Waals surface area contributed by atoms with Crippen LogP contribution in [-0.4, -0.2) is 23.7 Å². The molecule has 22 heavy (non-hydrogen) atoms. The summed E-state index contributed by atoms with van der Waals surface area (Å²) >= 11 is 0. The van der Waals surface area contributed by atoms with E-state index in [1.54, 1.807) is 50.4 Å². The Hall–Kier alpha value is -2.60. The van der Waals surface area contributed by atoms with Crippen LogP contribution in [0.3, 0.4) is 0 Å². The molecule has 0 heterocycles. The first-order valence-corrected chi connectivity index (χ1v) is 6.83. The minimum Gasteiger partial charge on any atom is -0.497 e.